The molecule has 7 heteroatoms. The fourth-order valence-electron chi connectivity index (χ4n) is 3.40. The van der Waals surface area contributed by atoms with Gasteiger partial charge < -0.3 is 25.2 Å². The predicted molar refractivity (Wildman–Crippen MR) is 129 cm³/mol. The Bertz CT molecular complexity index is 558. The Morgan fingerprint density at radius 1 is 1.11 bits per heavy atom. The van der Waals surface area contributed by atoms with Crippen LogP contribution in [0.15, 0.2) is 29.3 Å². The van der Waals surface area contributed by atoms with Gasteiger partial charge in [-0.3, -0.25) is 4.99 Å². The van der Waals surface area contributed by atoms with Gasteiger partial charge in [0, 0.05) is 52.9 Å². The molecule has 1 aliphatic heterocycles. The van der Waals surface area contributed by atoms with E-state index in [-0.39, 0.29) is 24.0 Å². The van der Waals surface area contributed by atoms with E-state index in [2.05, 4.69) is 51.4 Å². The molecule has 160 valence electrons. The largest absolute Gasteiger partial charge is 0.497 e. The van der Waals surface area contributed by atoms with Gasteiger partial charge in [-0.25, -0.2) is 0 Å². The molecule has 0 saturated carbocycles. The molecule has 6 nitrogen and oxygen atoms in total. The molecule has 0 aromatic heterocycles. The molecule has 1 aromatic rings. The van der Waals surface area contributed by atoms with Gasteiger partial charge in [0.05, 0.1) is 7.11 Å². The second-order valence-electron chi connectivity index (χ2n) is 7.32. The predicted octanol–water partition coefficient (Wildman–Crippen LogP) is 2.29. The average molecular weight is 503 g/mol. The van der Waals surface area contributed by atoms with Crippen molar-refractivity contribution in [3.8, 4) is 5.75 Å². The Kier molecular flexibility index (Phi) is 12.5. The van der Waals surface area contributed by atoms with Crippen LogP contribution in [0.4, 0.5) is 0 Å². The number of methoxy groups -OCH3 is 1. The Labute approximate surface area is 188 Å². The fourth-order valence-corrected chi connectivity index (χ4v) is 3.40. The van der Waals surface area contributed by atoms with Crippen molar-refractivity contribution in [2.75, 3.05) is 66.5 Å². The first-order chi connectivity index (χ1) is 13.1. The first-order valence-corrected chi connectivity index (χ1v) is 10.2. The summed E-state index contributed by atoms with van der Waals surface area (Å²) >= 11 is 0. The van der Waals surface area contributed by atoms with Crippen LogP contribution in [0.5, 0.6) is 5.75 Å². The number of ether oxygens (including phenoxy) is 1. The highest BCUT2D eigenvalue weighted by molar-refractivity contribution is 14.0. The summed E-state index contributed by atoms with van der Waals surface area (Å²) in [4.78, 5) is 9.44. The first kappa shape index (κ1) is 25.0. The van der Waals surface area contributed by atoms with Crippen LogP contribution in [-0.2, 0) is 6.42 Å². The summed E-state index contributed by atoms with van der Waals surface area (Å²) in [6, 6.07) is 8.23. The zero-order valence-electron chi connectivity index (χ0n) is 17.9. The summed E-state index contributed by atoms with van der Waals surface area (Å²) in [7, 11) is 3.52. The van der Waals surface area contributed by atoms with Crippen molar-refractivity contribution in [2.45, 2.75) is 20.3 Å². The highest BCUT2D eigenvalue weighted by Gasteiger charge is 2.17. The second kappa shape index (κ2) is 14.0. The maximum atomic E-state index is 5.20. The molecule has 2 rings (SSSR count). The average Bonchev–Trinajstić information content (AvgIpc) is 2.71. The maximum Gasteiger partial charge on any atom is 0.190 e. The van der Waals surface area contributed by atoms with Crippen LogP contribution in [0.25, 0.3) is 0 Å². The molecular formula is C21H38IN5O. The summed E-state index contributed by atoms with van der Waals surface area (Å²) in [5.41, 5.74) is 1.29. The van der Waals surface area contributed by atoms with E-state index in [1.165, 1.54) is 38.3 Å². The maximum absolute atomic E-state index is 5.20. The molecule has 1 saturated heterocycles. The molecule has 1 aromatic carbocycles. The number of benzene rings is 1. The molecule has 28 heavy (non-hydrogen) atoms. The molecule has 1 unspecified atom stereocenters. The quantitative estimate of drug-likeness (QED) is 0.308. The Morgan fingerprint density at radius 3 is 2.32 bits per heavy atom. The molecule has 0 amide bonds. The third-order valence-corrected chi connectivity index (χ3v) is 5.19. The summed E-state index contributed by atoms with van der Waals surface area (Å²) in [6.45, 7) is 13.4. The first-order valence-electron chi connectivity index (χ1n) is 10.2. The summed E-state index contributed by atoms with van der Waals surface area (Å²) in [6.07, 6.45) is 0.960. The molecule has 0 radical (unpaired) electrons. The molecule has 0 bridgehead atoms. The standard InChI is InChI=1S/C21H37N5O.HI/c1-5-25-12-14-26(15-13-25)17-18(2)16-24-21(22-3)23-11-10-19-6-8-20(27-4)9-7-19;/h6-9,18H,5,10-17H2,1-4H3,(H2,22,23,24);1H. The van der Waals surface area contributed by atoms with Gasteiger partial charge in [0.25, 0.3) is 0 Å². The number of aliphatic imine (C=N–C) groups is 1. The van der Waals surface area contributed by atoms with Crippen molar-refractivity contribution in [2.24, 2.45) is 10.9 Å². The topological polar surface area (TPSA) is 52.1 Å². The lowest BCUT2D eigenvalue weighted by atomic mass is 10.1. The summed E-state index contributed by atoms with van der Waals surface area (Å²) in [5.74, 6) is 2.37. The van der Waals surface area contributed by atoms with Crippen molar-refractivity contribution in [3.63, 3.8) is 0 Å². The van der Waals surface area contributed by atoms with E-state index in [9.17, 15) is 0 Å². The number of likely N-dealkylation sites (N-methyl/N-ethyl adjacent to an activating group) is 1. The van der Waals surface area contributed by atoms with Crippen LogP contribution in [-0.4, -0.2) is 82.3 Å². The van der Waals surface area contributed by atoms with Crippen LogP contribution in [0.1, 0.15) is 19.4 Å². The van der Waals surface area contributed by atoms with Gasteiger partial charge in [-0.15, -0.1) is 24.0 Å². The lowest BCUT2D eigenvalue weighted by Crippen LogP contribution is -2.48. The van der Waals surface area contributed by atoms with E-state index >= 15 is 0 Å². The van der Waals surface area contributed by atoms with Crippen molar-refractivity contribution >= 4 is 29.9 Å². The summed E-state index contributed by atoms with van der Waals surface area (Å²) < 4.78 is 5.20. The third-order valence-electron chi connectivity index (χ3n) is 5.19. The number of nitrogens with one attached hydrogen (secondary N) is 2. The monoisotopic (exact) mass is 503 g/mol. The van der Waals surface area contributed by atoms with Crippen LogP contribution < -0.4 is 15.4 Å². The van der Waals surface area contributed by atoms with Gasteiger partial charge >= 0.3 is 0 Å². The molecule has 0 spiro atoms. The number of hydrogen-bond donors (Lipinski definition) is 2. The van der Waals surface area contributed by atoms with Crippen molar-refractivity contribution in [1.82, 2.24) is 20.4 Å². The lowest BCUT2D eigenvalue weighted by molar-refractivity contribution is 0.124. The number of halogens is 1. The summed E-state index contributed by atoms with van der Waals surface area (Å²) in [5, 5.41) is 6.87. The fraction of sp³-hybridized carbons (Fsp3) is 0.667. The van der Waals surface area contributed by atoms with Crippen LogP contribution in [0.2, 0.25) is 0 Å². The highest BCUT2D eigenvalue weighted by atomic mass is 127. The highest BCUT2D eigenvalue weighted by Crippen LogP contribution is 2.11. The van der Waals surface area contributed by atoms with E-state index < -0.39 is 0 Å². The van der Waals surface area contributed by atoms with Gasteiger partial charge in [0.1, 0.15) is 5.75 Å². The van der Waals surface area contributed by atoms with Gasteiger partial charge in [0.2, 0.25) is 0 Å². The Hall–Kier alpha value is -1.06. The van der Waals surface area contributed by atoms with Crippen LogP contribution in [0.3, 0.4) is 0 Å². The minimum atomic E-state index is 0. The molecule has 2 N–H and O–H groups in total. The molecule has 1 heterocycles. The van der Waals surface area contributed by atoms with Gasteiger partial charge in [-0.1, -0.05) is 26.0 Å². The molecule has 1 atom stereocenters. The SMILES string of the molecule is CCN1CCN(CC(C)CNC(=NC)NCCc2ccc(OC)cc2)CC1.I. The van der Waals surface area contributed by atoms with Crippen LogP contribution in [0, 0.1) is 5.92 Å². The van der Waals surface area contributed by atoms with Crippen molar-refractivity contribution in [3.05, 3.63) is 29.8 Å². The van der Waals surface area contributed by atoms with E-state index in [0.717, 1.165) is 37.8 Å². The Balaban J connectivity index is 0.00000392. The van der Waals surface area contributed by atoms with E-state index in [1.54, 1.807) is 7.11 Å². The third kappa shape index (κ3) is 8.96. The molecule has 0 aliphatic carbocycles. The lowest BCUT2D eigenvalue weighted by Gasteiger charge is -2.35. The second-order valence-corrected chi connectivity index (χ2v) is 7.32. The number of hydrogen-bond acceptors (Lipinski definition) is 4. The Morgan fingerprint density at radius 2 is 1.75 bits per heavy atom. The number of rotatable bonds is 9. The van der Waals surface area contributed by atoms with Gasteiger partial charge in [-0.05, 0) is 36.6 Å². The normalized spacial score (nSPS) is 16.9. The van der Waals surface area contributed by atoms with Gasteiger partial charge in [-0.2, -0.15) is 0 Å². The minimum absolute atomic E-state index is 0. The smallest absolute Gasteiger partial charge is 0.190 e. The zero-order valence-corrected chi connectivity index (χ0v) is 20.2. The minimum Gasteiger partial charge on any atom is -0.497 e. The number of nitrogens with zero attached hydrogens (tertiary/aromatic N) is 3. The van der Waals surface area contributed by atoms with Crippen LogP contribution >= 0.6 is 24.0 Å². The van der Waals surface area contributed by atoms with E-state index in [1.807, 2.05) is 19.2 Å². The van der Waals surface area contributed by atoms with Gasteiger partial charge in [0.15, 0.2) is 5.96 Å². The molecule has 1 aliphatic rings. The van der Waals surface area contributed by atoms with Crippen molar-refractivity contribution < 1.29 is 4.74 Å². The van der Waals surface area contributed by atoms with Crippen molar-refractivity contribution in [1.29, 1.82) is 0 Å². The number of piperazine rings is 1. The van der Waals surface area contributed by atoms with E-state index in [0.29, 0.717) is 5.92 Å². The zero-order chi connectivity index (χ0) is 19.5. The number of guanidine groups is 1. The van der Waals surface area contributed by atoms with E-state index in [4.69, 9.17) is 4.74 Å². The molecular weight excluding hydrogens is 465 g/mol. The molecule has 1 fully saturated rings.